The normalized spacial score (nSPS) is 12.5. The summed E-state index contributed by atoms with van der Waals surface area (Å²) >= 11 is 0. The van der Waals surface area contributed by atoms with Gasteiger partial charge in [-0.25, -0.2) is 4.68 Å². The van der Waals surface area contributed by atoms with Crippen LogP contribution in [-0.2, 0) is 83.1 Å². The second kappa shape index (κ2) is 37.6. The molecule has 0 spiro atoms. The third kappa shape index (κ3) is 21.9. The van der Waals surface area contributed by atoms with E-state index in [4.69, 9.17) is 56.5 Å². The molecule has 4 heterocycles. The van der Waals surface area contributed by atoms with Crippen LogP contribution in [0.25, 0.3) is 22.2 Å². The number of amides is 3. The summed E-state index contributed by atoms with van der Waals surface area (Å²) in [6.07, 6.45) is 4.15. The van der Waals surface area contributed by atoms with Gasteiger partial charge in [-0.2, -0.15) is 0 Å². The Hall–Kier alpha value is -8.10. The smallest absolute Gasteiger partial charge is 0.295 e. The van der Waals surface area contributed by atoms with Gasteiger partial charge in [-0.1, -0.05) is 23.4 Å². The molecule has 0 unspecified atom stereocenters. The first kappa shape index (κ1) is 67.4. The number of piperazine rings is 1. The van der Waals surface area contributed by atoms with Crippen molar-refractivity contribution in [2.45, 2.75) is 32.5 Å². The molecule has 476 valence electrons. The molecule has 1 aliphatic heterocycles. The second-order valence-corrected chi connectivity index (χ2v) is 19.5. The number of H-pyrrole nitrogens is 1. The van der Waals surface area contributed by atoms with Crippen LogP contribution in [0.5, 0.6) is 5.75 Å². The number of nitro benzene ring substituents is 2. The van der Waals surface area contributed by atoms with E-state index in [1.54, 1.807) is 64.3 Å². The Labute approximate surface area is 506 Å². The van der Waals surface area contributed by atoms with Gasteiger partial charge in [0.25, 0.3) is 29.0 Å². The van der Waals surface area contributed by atoms with E-state index in [1.165, 1.54) is 30.3 Å². The van der Waals surface area contributed by atoms with Crippen LogP contribution in [0.15, 0.2) is 89.6 Å². The minimum Gasteiger partial charge on any atom is -0.496 e. The van der Waals surface area contributed by atoms with Crippen molar-refractivity contribution in [3.05, 3.63) is 134 Å². The van der Waals surface area contributed by atoms with Crippen molar-refractivity contribution in [3.63, 3.8) is 0 Å². The molecule has 88 heavy (non-hydrogen) atoms. The number of aryl methyl sites for hydroxylation is 1. The average molecular weight is 1230 g/mol. The minimum absolute atomic E-state index is 0.105. The number of benzene rings is 3. The number of nitrogens with zero attached hydrogens (tertiary/aromatic N) is 7. The van der Waals surface area contributed by atoms with Crippen LogP contribution in [0.2, 0.25) is 0 Å². The highest BCUT2D eigenvalue weighted by molar-refractivity contribution is 6.45. The molecule has 2 N–H and O–H groups in total. The number of aromatic nitrogens is 4. The summed E-state index contributed by atoms with van der Waals surface area (Å²) in [6, 6.07) is 19.5. The maximum atomic E-state index is 13.7. The van der Waals surface area contributed by atoms with E-state index in [1.807, 2.05) is 6.07 Å². The molecule has 0 aliphatic carbocycles. The Morgan fingerprint density at radius 2 is 1.25 bits per heavy atom. The zero-order valence-corrected chi connectivity index (χ0v) is 49.2. The number of carbonyl (C=O) groups is 4. The molecule has 3 aromatic heterocycles. The van der Waals surface area contributed by atoms with Gasteiger partial charge in [0.1, 0.15) is 29.6 Å². The van der Waals surface area contributed by atoms with Crippen LogP contribution in [0.3, 0.4) is 0 Å². The lowest BCUT2D eigenvalue weighted by atomic mass is 10.0. The summed E-state index contributed by atoms with van der Waals surface area (Å²) in [6.45, 7) is 8.44. The number of ketones is 1. The number of aromatic amines is 1. The number of hydrogen-bond donors (Lipinski definition) is 2. The van der Waals surface area contributed by atoms with Gasteiger partial charge in [-0.3, -0.25) is 39.4 Å². The van der Waals surface area contributed by atoms with Crippen LogP contribution in [0.1, 0.15) is 44.2 Å². The number of nitrogens with one attached hydrogen (secondary N) is 2. The summed E-state index contributed by atoms with van der Waals surface area (Å²) in [5.41, 5.74) is 2.38. The third-order valence-corrected chi connectivity index (χ3v) is 13.4. The first-order chi connectivity index (χ1) is 43.0. The van der Waals surface area contributed by atoms with E-state index < -0.39 is 21.5 Å². The highest BCUT2D eigenvalue weighted by atomic mass is 16.6. The van der Waals surface area contributed by atoms with Crippen LogP contribution in [0.4, 0.5) is 11.4 Å². The van der Waals surface area contributed by atoms with Crippen molar-refractivity contribution in [1.29, 1.82) is 0 Å². The highest BCUT2D eigenvalue weighted by Gasteiger charge is 2.32. The standard InChI is InChI=1S/C59H75N9O20/c1-77-53-14-12-49(56-55(53)50(40-61-56)57(70)59(72)65-17-15-64(16-18-65)58(71)45-6-3-2-4-7-45)52-13-11-48(88-52)39-60-54(69)43-87-37-35-85-33-31-83-29-28-82-27-26-81-25-23-79-21-19-66-41-46(62-63-66)42-86-36-34-84-32-30-80-24-22-78-20-5-8-44-9-10-47(67(73)74)38-51(44)68(75)76/h2-4,6-7,9-14,38,40-41,61H,5,8,15-37,39,42-43H2,1H3,(H,60,69). The van der Waals surface area contributed by atoms with Crippen molar-refractivity contribution in [1.82, 2.24) is 35.1 Å². The number of nitro groups is 2. The van der Waals surface area contributed by atoms with Crippen molar-refractivity contribution < 1.29 is 85.5 Å². The second-order valence-electron chi connectivity index (χ2n) is 19.5. The monoisotopic (exact) mass is 1230 g/mol. The number of methoxy groups -OCH3 is 1. The Morgan fingerprint density at radius 1 is 0.659 bits per heavy atom. The van der Waals surface area contributed by atoms with Gasteiger partial charge in [0.15, 0.2) is 0 Å². The fourth-order valence-corrected chi connectivity index (χ4v) is 8.95. The summed E-state index contributed by atoms with van der Waals surface area (Å²) < 4.78 is 68.8. The first-order valence-corrected chi connectivity index (χ1v) is 28.8. The van der Waals surface area contributed by atoms with E-state index in [2.05, 4.69) is 20.6 Å². The SMILES string of the molecule is COc1ccc(-c2ccc(CNC(=O)COCCOCCOCCOCCOCCOCCn3cc(COCCOCCOCCOCCCc4ccc([N+](=O)[O-])cc4[N+](=O)[O-])nn3)o2)c2[nH]cc(C(=O)C(=O)N3CCN(C(=O)c4ccccc4)CC3)c12. The van der Waals surface area contributed by atoms with Crippen molar-refractivity contribution in [3.8, 4) is 17.1 Å². The maximum Gasteiger partial charge on any atom is 0.295 e. The van der Waals surface area contributed by atoms with Crippen LogP contribution in [0, 0.1) is 20.2 Å². The third-order valence-electron chi connectivity index (χ3n) is 13.4. The number of furan rings is 1. The number of rotatable bonds is 44. The van der Waals surface area contributed by atoms with Gasteiger partial charge in [-0.05, 0) is 55.3 Å². The quantitative estimate of drug-likeness (QED) is 0.0173. The molecule has 29 nitrogen and oxygen atoms in total. The molecular formula is C59H75N9O20. The lowest BCUT2D eigenvalue weighted by molar-refractivity contribution is -0.394. The number of ether oxygens (including phenoxy) is 11. The molecule has 0 saturated carbocycles. The lowest BCUT2D eigenvalue weighted by Gasteiger charge is -2.34. The topological polar surface area (TPSA) is 334 Å². The maximum absolute atomic E-state index is 13.7. The summed E-state index contributed by atoms with van der Waals surface area (Å²) in [7, 11) is 1.48. The molecule has 0 bridgehead atoms. The lowest BCUT2D eigenvalue weighted by Crippen LogP contribution is -2.52. The average Bonchev–Trinajstić information content (AvgIpc) is 2.21. The number of Topliss-reactive ketones (excluding diaryl/α,β-unsaturated/α-hetero) is 1. The number of fused-ring (bicyclic) bond motifs is 1. The highest BCUT2D eigenvalue weighted by Crippen LogP contribution is 2.37. The fourth-order valence-electron chi connectivity index (χ4n) is 8.95. The van der Waals surface area contributed by atoms with E-state index in [-0.39, 0.29) is 74.8 Å². The predicted molar refractivity (Wildman–Crippen MR) is 313 cm³/mol. The van der Waals surface area contributed by atoms with E-state index in [9.17, 15) is 39.4 Å². The van der Waals surface area contributed by atoms with Gasteiger partial charge in [0.05, 0.1) is 178 Å². The van der Waals surface area contributed by atoms with Crippen molar-refractivity contribution in [2.24, 2.45) is 0 Å². The predicted octanol–water partition coefficient (Wildman–Crippen LogP) is 4.63. The molecule has 29 heteroatoms. The Balaban J connectivity index is 0.613. The molecule has 1 saturated heterocycles. The van der Waals surface area contributed by atoms with E-state index in [0.717, 1.165) is 6.07 Å². The Bertz CT molecular complexity index is 3130. The van der Waals surface area contributed by atoms with Gasteiger partial charge in [-0.15, -0.1) is 5.10 Å². The molecule has 1 aliphatic rings. The number of carbonyl (C=O) groups excluding carboxylic acids is 4. The molecule has 3 amide bonds. The molecule has 6 aromatic rings. The van der Waals surface area contributed by atoms with Gasteiger partial charge in [0.2, 0.25) is 5.91 Å². The molecule has 1 fully saturated rings. The van der Waals surface area contributed by atoms with Gasteiger partial charge < -0.3 is 76.6 Å². The van der Waals surface area contributed by atoms with Crippen molar-refractivity contribution in [2.75, 3.05) is 159 Å². The van der Waals surface area contributed by atoms with Gasteiger partial charge in [0, 0.05) is 61.7 Å². The summed E-state index contributed by atoms with van der Waals surface area (Å²) in [5.74, 6) is -0.485. The largest absolute Gasteiger partial charge is 0.496 e. The van der Waals surface area contributed by atoms with E-state index in [0.29, 0.717) is 189 Å². The van der Waals surface area contributed by atoms with Crippen molar-refractivity contribution >= 4 is 45.8 Å². The Morgan fingerprint density at radius 3 is 1.86 bits per heavy atom. The molecule has 7 rings (SSSR count). The first-order valence-electron chi connectivity index (χ1n) is 28.8. The van der Waals surface area contributed by atoms with Crippen LogP contribution < -0.4 is 10.1 Å². The van der Waals surface area contributed by atoms with Crippen LogP contribution >= 0.6 is 0 Å². The molecule has 0 radical (unpaired) electrons. The van der Waals surface area contributed by atoms with Crippen LogP contribution in [-0.4, -0.2) is 222 Å². The van der Waals surface area contributed by atoms with Gasteiger partial charge >= 0.3 is 0 Å². The zero-order valence-electron chi connectivity index (χ0n) is 49.2. The minimum atomic E-state index is -0.701. The van der Waals surface area contributed by atoms with E-state index >= 15 is 0 Å². The zero-order chi connectivity index (χ0) is 62.1. The number of hydrogen-bond acceptors (Lipinski definition) is 22. The summed E-state index contributed by atoms with van der Waals surface area (Å²) in [4.78, 5) is 79.8. The number of non-ortho nitro benzene ring substituents is 1. The summed E-state index contributed by atoms with van der Waals surface area (Å²) in [5, 5.41) is 33.6. The molecular weight excluding hydrogens is 1150 g/mol. The molecule has 0 atom stereocenters. The Kier molecular flexibility index (Phi) is 28.8. The fraction of sp³-hybridized carbons (Fsp3) is 0.492. The molecule has 3 aromatic carbocycles.